The molecule has 1 aromatic carbocycles. The van der Waals surface area contributed by atoms with Crippen molar-refractivity contribution in [3.8, 4) is 0 Å². The number of aryl methyl sites for hydroxylation is 1. The minimum atomic E-state index is -0.373. The molecule has 0 amide bonds. The van der Waals surface area contributed by atoms with Crippen molar-refractivity contribution < 1.29 is 4.92 Å². The third-order valence-corrected chi connectivity index (χ3v) is 2.58. The average Bonchev–Trinajstić information content (AvgIpc) is 2.57. The number of nitro groups is 1. The van der Waals surface area contributed by atoms with Crippen LogP contribution in [-0.4, -0.2) is 9.49 Å². The molecule has 0 atom stereocenters. The van der Waals surface area contributed by atoms with Crippen LogP contribution in [-0.2, 0) is 7.05 Å². The second-order valence-electron chi connectivity index (χ2n) is 3.76. The van der Waals surface area contributed by atoms with Crippen molar-refractivity contribution >= 4 is 17.0 Å². The molecule has 0 bridgehead atoms. The Morgan fingerprint density at radius 3 is 2.81 bits per heavy atom. The summed E-state index contributed by atoms with van der Waals surface area (Å²) in [5.74, 6) is 0. The number of allylic oxidation sites excluding steroid dienone is 1. The Bertz CT molecular complexity index is 582. The molecule has 4 heteroatoms. The van der Waals surface area contributed by atoms with E-state index < -0.39 is 0 Å². The fraction of sp³-hybridized carbons (Fsp3) is 0.167. The van der Waals surface area contributed by atoms with Gasteiger partial charge in [-0.05, 0) is 6.07 Å². The highest BCUT2D eigenvalue weighted by Crippen LogP contribution is 2.22. The van der Waals surface area contributed by atoms with Crippen molar-refractivity contribution in [2.45, 2.75) is 6.92 Å². The molecule has 2 rings (SSSR count). The lowest BCUT2D eigenvalue weighted by atomic mass is 10.1. The molecule has 4 nitrogen and oxygen atoms in total. The Balaban J connectivity index is 2.62. The zero-order chi connectivity index (χ0) is 11.7. The number of nitrogens with zero attached hydrogens (tertiary/aromatic N) is 2. The summed E-state index contributed by atoms with van der Waals surface area (Å²) < 4.78 is 1.97. The Morgan fingerprint density at radius 2 is 2.12 bits per heavy atom. The largest absolute Gasteiger partial charge is 0.350 e. The van der Waals surface area contributed by atoms with Crippen LogP contribution in [0.2, 0.25) is 0 Å². The summed E-state index contributed by atoms with van der Waals surface area (Å²) in [6.45, 7) is 1.50. The number of benzene rings is 1. The zero-order valence-corrected chi connectivity index (χ0v) is 9.18. The van der Waals surface area contributed by atoms with Crippen LogP contribution in [0.25, 0.3) is 17.0 Å². The smallest absolute Gasteiger partial charge is 0.243 e. The molecule has 2 aromatic rings. The SMILES string of the molecule is CC(=Cc1cn(C)c2ccccc12)[N+](=O)[O-]. The van der Waals surface area contributed by atoms with Crippen molar-refractivity contribution in [1.29, 1.82) is 0 Å². The van der Waals surface area contributed by atoms with E-state index in [0.29, 0.717) is 0 Å². The van der Waals surface area contributed by atoms with Gasteiger partial charge in [0.1, 0.15) is 0 Å². The van der Waals surface area contributed by atoms with Crippen LogP contribution in [0.1, 0.15) is 12.5 Å². The molecule has 82 valence electrons. The molecule has 16 heavy (non-hydrogen) atoms. The maximum Gasteiger partial charge on any atom is 0.243 e. The highest BCUT2D eigenvalue weighted by atomic mass is 16.6. The van der Waals surface area contributed by atoms with Gasteiger partial charge in [-0.25, -0.2) is 0 Å². The summed E-state index contributed by atoms with van der Waals surface area (Å²) in [5.41, 5.74) is 2.11. The Morgan fingerprint density at radius 1 is 1.44 bits per heavy atom. The molecule has 0 unspecified atom stereocenters. The first kappa shape index (κ1) is 10.4. The number of hydrogen-bond acceptors (Lipinski definition) is 2. The molecule has 0 saturated heterocycles. The lowest BCUT2D eigenvalue weighted by Gasteiger charge is -1.93. The zero-order valence-electron chi connectivity index (χ0n) is 9.18. The molecule has 1 heterocycles. The molecule has 0 aliphatic carbocycles. The number of fused-ring (bicyclic) bond motifs is 1. The Hall–Kier alpha value is -2.10. The monoisotopic (exact) mass is 216 g/mol. The van der Waals surface area contributed by atoms with Gasteiger partial charge in [-0.15, -0.1) is 0 Å². The van der Waals surface area contributed by atoms with Crippen LogP contribution >= 0.6 is 0 Å². The van der Waals surface area contributed by atoms with E-state index in [0.717, 1.165) is 16.5 Å². The first-order valence-electron chi connectivity index (χ1n) is 4.96. The first-order chi connectivity index (χ1) is 7.59. The summed E-state index contributed by atoms with van der Waals surface area (Å²) in [6, 6.07) is 7.85. The number of para-hydroxylation sites is 1. The fourth-order valence-corrected chi connectivity index (χ4v) is 1.77. The van der Waals surface area contributed by atoms with Gasteiger partial charge >= 0.3 is 0 Å². The van der Waals surface area contributed by atoms with Crippen molar-refractivity contribution in [2.75, 3.05) is 0 Å². The molecule has 0 fully saturated rings. The van der Waals surface area contributed by atoms with E-state index in [1.807, 2.05) is 42.1 Å². The summed E-state index contributed by atoms with van der Waals surface area (Å²) in [7, 11) is 1.93. The quantitative estimate of drug-likeness (QED) is 0.572. The summed E-state index contributed by atoms with van der Waals surface area (Å²) in [6.07, 6.45) is 3.50. The van der Waals surface area contributed by atoms with Crippen LogP contribution in [0.5, 0.6) is 0 Å². The van der Waals surface area contributed by atoms with Crippen molar-refractivity contribution in [1.82, 2.24) is 4.57 Å². The second-order valence-corrected chi connectivity index (χ2v) is 3.76. The Labute approximate surface area is 93.0 Å². The lowest BCUT2D eigenvalue weighted by Crippen LogP contribution is -1.92. The van der Waals surface area contributed by atoms with Gasteiger partial charge in [-0.3, -0.25) is 10.1 Å². The van der Waals surface area contributed by atoms with E-state index in [-0.39, 0.29) is 10.6 Å². The summed E-state index contributed by atoms with van der Waals surface area (Å²) in [4.78, 5) is 10.2. The van der Waals surface area contributed by atoms with E-state index in [1.165, 1.54) is 6.92 Å². The average molecular weight is 216 g/mol. The molecule has 0 saturated carbocycles. The van der Waals surface area contributed by atoms with Gasteiger partial charge in [-0.2, -0.15) is 0 Å². The molecule has 0 N–H and O–H groups in total. The van der Waals surface area contributed by atoms with Gasteiger partial charge in [-0.1, -0.05) is 18.2 Å². The van der Waals surface area contributed by atoms with E-state index in [9.17, 15) is 10.1 Å². The van der Waals surface area contributed by atoms with Gasteiger partial charge in [0.25, 0.3) is 0 Å². The second kappa shape index (κ2) is 3.81. The standard InChI is InChI=1S/C12H12N2O2/c1-9(14(15)16)7-10-8-13(2)12-6-4-3-5-11(10)12/h3-8H,1-2H3. The predicted molar refractivity (Wildman–Crippen MR) is 63.6 cm³/mol. The van der Waals surface area contributed by atoms with Crippen LogP contribution in [0.4, 0.5) is 0 Å². The predicted octanol–water partition coefficient (Wildman–Crippen LogP) is 2.82. The summed E-state index contributed by atoms with van der Waals surface area (Å²) in [5, 5.41) is 11.6. The van der Waals surface area contributed by atoms with Crippen molar-refractivity contribution in [3.05, 3.63) is 51.8 Å². The van der Waals surface area contributed by atoms with Crippen LogP contribution in [0, 0.1) is 10.1 Å². The van der Waals surface area contributed by atoms with Gasteiger partial charge < -0.3 is 4.57 Å². The third kappa shape index (κ3) is 1.69. The van der Waals surface area contributed by atoms with E-state index in [1.54, 1.807) is 6.08 Å². The number of aromatic nitrogens is 1. The minimum absolute atomic E-state index is 0.149. The van der Waals surface area contributed by atoms with Gasteiger partial charge in [0.2, 0.25) is 5.70 Å². The van der Waals surface area contributed by atoms with Crippen LogP contribution < -0.4 is 0 Å². The molecule has 0 radical (unpaired) electrons. The molecular formula is C12H12N2O2. The topological polar surface area (TPSA) is 48.1 Å². The van der Waals surface area contributed by atoms with Crippen LogP contribution in [0.15, 0.2) is 36.2 Å². The number of hydrogen-bond donors (Lipinski definition) is 0. The molecule has 0 aliphatic heterocycles. The lowest BCUT2D eigenvalue weighted by molar-refractivity contribution is -0.422. The Kier molecular flexibility index (Phi) is 2.48. The molecule has 0 aliphatic rings. The van der Waals surface area contributed by atoms with E-state index in [2.05, 4.69) is 0 Å². The third-order valence-electron chi connectivity index (χ3n) is 2.58. The normalized spacial score (nSPS) is 12.0. The van der Waals surface area contributed by atoms with Crippen molar-refractivity contribution in [2.24, 2.45) is 7.05 Å². The van der Waals surface area contributed by atoms with E-state index in [4.69, 9.17) is 0 Å². The maximum atomic E-state index is 10.6. The fourth-order valence-electron chi connectivity index (χ4n) is 1.77. The molecule has 1 aromatic heterocycles. The van der Waals surface area contributed by atoms with Crippen LogP contribution in [0.3, 0.4) is 0 Å². The molecular weight excluding hydrogens is 204 g/mol. The summed E-state index contributed by atoms with van der Waals surface area (Å²) >= 11 is 0. The van der Waals surface area contributed by atoms with Gasteiger partial charge in [0.15, 0.2) is 0 Å². The minimum Gasteiger partial charge on any atom is -0.350 e. The molecule has 0 spiro atoms. The maximum absolute atomic E-state index is 10.6. The first-order valence-corrected chi connectivity index (χ1v) is 4.96. The van der Waals surface area contributed by atoms with Crippen molar-refractivity contribution in [3.63, 3.8) is 0 Å². The van der Waals surface area contributed by atoms with E-state index >= 15 is 0 Å². The van der Waals surface area contributed by atoms with Gasteiger partial charge in [0, 0.05) is 42.7 Å². The highest BCUT2D eigenvalue weighted by molar-refractivity contribution is 5.89. The van der Waals surface area contributed by atoms with Gasteiger partial charge in [0.05, 0.1) is 4.92 Å². The highest BCUT2D eigenvalue weighted by Gasteiger charge is 2.07. The number of rotatable bonds is 2.